The van der Waals surface area contributed by atoms with Crippen molar-refractivity contribution in [3.05, 3.63) is 43.5 Å². The van der Waals surface area contributed by atoms with E-state index in [0.29, 0.717) is 19.5 Å². The molecule has 0 aromatic carbocycles. The van der Waals surface area contributed by atoms with Gasteiger partial charge in [-0.15, -0.1) is 0 Å². The molecule has 0 amide bonds. The molecule has 7 heteroatoms. The van der Waals surface area contributed by atoms with Crippen molar-refractivity contribution in [2.45, 2.75) is 13.0 Å². The number of hydrogen-bond acceptors (Lipinski definition) is 3. The van der Waals surface area contributed by atoms with Gasteiger partial charge in [0.2, 0.25) is 0 Å². The summed E-state index contributed by atoms with van der Waals surface area (Å²) in [5.41, 5.74) is 7.14. The van der Waals surface area contributed by atoms with Crippen LogP contribution in [0.3, 0.4) is 0 Å². The Morgan fingerprint density at radius 1 is 1.57 bits per heavy atom. The highest BCUT2D eigenvalue weighted by Crippen LogP contribution is 1.86. The predicted molar refractivity (Wildman–Crippen MR) is 50.0 cm³/mol. The molecule has 1 rings (SSSR count). The zero-order chi connectivity index (χ0) is 10.4. The van der Waals surface area contributed by atoms with E-state index in [4.69, 9.17) is 5.53 Å². The van der Waals surface area contributed by atoms with E-state index in [2.05, 4.69) is 15.0 Å². The first-order chi connectivity index (χ1) is 6.74. The van der Waals surface area contributed by atoms with E-state index in [1.54, 1.807) is 0 Å². The van der Waals surface area contributed by atoms with Gasteiger partial charge in [0.1, 0.15) is 0 Å². The number of H-pyrrole nitrogens is 1. The van der Waals surface area contributed by atoms with Crippen LogP contribution in [0.1, 0.15) is 6.42 Å². The van der Waals surface area contributed by atoms with Gasteiger partial charge < -0.3 is 4.57 Å². The fourth-order valence-electron chi connectivity index (χ4n) is 0.977. The lowest BCUT2D eigenvalue weighted by molar-refractivity contribution is 0.610. The predicted octanol–water partition coefficient (Wildman–Crippen LogP) is 0.237. The lowest BCUT2D eigenvalue weighted by atomic mass is 10.4. The maximum atomic E-state index is 11.1. The Bertz CT molecular complexity index is 454. The van der Waals surface area contributed by atoms with E-state index in [9.17, 15) is 9.59 Å². The third kappa shape index (κ3) is 2.80. The summed E-state index contributed by atoms with van der Waals surface area (Å²) in [5, 5.41) is 3.33. The fraction of sp³-hybridized carbons (Fsp3) is 0.429. The maximum absolute atomic E-state index is 11.1. The molecule has 1 heterocycles. The average Bonchev–Trinajstić information content (AvgIpc) is 2.15. The summed E-state index contributed by atoms with van der Waals surface area (Å²) in [6, 6.07) is 1.27. The normalized spacial score (nSPS) is 9.43. The highest BCUT2D eigenvalue weighted by molar-refractivity contribution is 4.82. The highest BCUT2D eigenvalue weighted by atomic mass is 16.2. The second-order valence-corrected chi connectivity index (χ2v) is 2.61. The van der Waals surface area contributed by atoms with Gasteiger partial charge in [-0.1, -0.05) is 5.11 Å². The molecule has 0 aliphatic carbocycles. The van der Waals surface area contributed by atoms with Crippen molar-refractivity contribution in [2.24, 2.45) is 5.11 Å². The van der Waals surface area contributed by atoms with Gasteiger partial charge in [-0.2, -0.15) is 0 Å². The van der Waals surface area contributed by atoms with Crippen molar-refractivity contribution >= 4 is 0 Å². The monoisotopic (exact) mass is 195 g/mol. The molecule has 0 unspecified atom stereocenters. The number of azide groups is 1. The lowest BCUT2D eigenvalue weighted by Crippen LogP contribution is -2.28. The summed E-state index contributed by atoms with van der Waals surface area (Å²) < 4.78 is 1.36. The molecule has 1 aromatic rings. The minimum atomic E-state index is -0.446. The molecule has 0 atom stereocenters. The minimum Gasteiger partial charge on any atom is -0.301 e. The third-order valence-corrected chi connectivity index (χ3v) is 1.62. The standard InChI is InChI=1S/C7H9N5O2/c8-11-9-3-1-4-12-5-2-6(13)10-7(12)14/h2,5H,1,3-4H2,(H,10,13,14). The molecule has 1 aromatic heterocycles. The zero-order valence-electron chi connectivity index (χ0n) is 7.38. The van der Waals surface area contributed by atoms with E-state index in [1.807, 2.05) is 0 Å². The van der Waals surface area contributed by atoms with Crippen LogP contribution in [0, 0.1) is 0 Å². The van der Waals surface area contributed by atoms with Gasteiger partial charge in [0.25, 0.3) is 5.56 Å². The molecule has 1 N–H and O–H groups in total. The van der Waals surface area contributed by atoms with Crippen LogP contribution in [-0.2, 0) is 6.54 Å². The number of nitrogens with zero attached hydrogens (tertiary/aromatic N) is 4. The Morgan fingerprint density at radius 2 is 2.36 bits per heavy atom. The number of hydrogen-bond donors (Lipinski definition) is 1. The molecule has 14 heavy (non-hydrogen) atoms. The van der Waals surface area contributed by atoms with Gasteiger partial charge in [0.15, 0.2) is 0 Å². The summed E-state index contributed by atoms with van der Waals surface area (Å²) in [6.07, 6.45) is 1.98. The van der Waals surface area contributed by atoms with Gasteiger partial charge >= 0.3 is 5.69 Å². The van der Waals surface area contributed by atoms with Crippen LogP contribution in [-0.4, -0.2) is 16.1 Å². The summed E-state index contributed by atoms with van der Waals surface area (Å²) >= 11 is 0. The molecule has 0 spiro atoms. The Hall–Kier alpha value is -2.01. The first-order valence-electron chi connectivity index (χ1n) is 4.04. The van der Waals surface area contributed by atoms with Gasteiger partial charge in [0.05, 0.1) is 0 Å². The van der Waals surface area contributed by atoms with Crippen LogP contribution >= 0.6 is 0 Å². The number of rotatable bonds is 4. The molecule has 74 valence electrons. The second-order valence-electron chi connectivity index (χ2n) is 2.61. The molecule has 0 saturated heterocycles. The van der Waals surface area contributed by atoms with E-state index < -0.39 is 11.2 Å². The molecule has 7 nitrogen and oxygen atoms in total. The first-order valence-corrected chi connectivity index (χ1v) is 4.04. The summed E-state index contributed by atoms with van der Waals surface area (Å²) in [5.74, 6) is 0. The van der Waals surface area contributed by atoms with E-state index >= 15 is 0 Å². The molecule has 0 radical (unpaired) electrons. The largest absolute Gasteiger partial charge is 0.328 e. The van der Waals surface area contributed by atoms with Gasteiger partial charge in [-0.25, -0.2) is 4.79 Å². The molecule has 0 aliphatic heterocycles. The first kappa shape index (κ1) is 10.1. The Labute approximate surface area is 78.6 Å². The van der Waals surface area contributed by atoms with Crippen molar-refractivity contribution in [1.29, 1.82) is 0 Å². The van der Waals surface area contributed by atoms with E-state index in [0.717, 1.165) is 0 Å². The van der Waals surface area contributed by atoms with Gasteiger partial charge in [-0.3, -0.25) is 9.78 Å². The van der Waals surface area contributed by atoms with Gasteiger partial charge in [0, 0.05) is 30.3 Å². The van der Waals surface area contributed by atoms with Crippen molar-refractivity contribution in [1.82, 2.24) is 9.55 Å². The third-order valence-electron chi connectivity index (χ3n) is 1.62. The average molecular weight is 195 g/mol. The van der Waals surface area contributed by atoms with Crippen LogP contribution in [0.2, 0.25) is 0 Å². The van der Waals surface area contributed by atoms with Crippen molar-refractivity contribution in [3.8, 4) is 0 Å². The molecular formula is C7H9N5O2. The van der Waals surface area contributed by atoms with E-state index in [-0.39, 0.29) is 0 Å². The highest BCUT2D eigenvalue weighted by Gasteiger charge is 1.94. The van der Waals surface area contributed by atoms with Crippen LogP contribution in [0.25, 0.3) is 10.4 Å². The van der Waals surface area contributed by atoms with Crippen LogP contribution < -0.4 is 11.2 Å². The topological polar surface area (TPSA) is 104 Å². The Kier molecular flexibility index (Phi) is 3.51. The minimum absolute atomic E-state index is 0.335. The van der Waals surface area contributed by atoms with Crippen molar-refractivity contribution in [3.63, 3.8) is 0 Å². The number of nitrogens with one attached hydrogen (secondary N) is 1. The van der Waals surface area contributed by atoms with Crippen LogP contribution in [0.5, 0.6) is 0 Å². The summed E-state index contributed by atoms with van der Waals surface area (Å²) in [6.45, 7) is 0.761. The Balaban J connectivity index is 2.64. The number of aryl methyl sites for hydroxylation is 1. The summed E-state index contributed by atoms with van der Waals surface area (Å²) in [7, 11) is 0. The number of aromatic nitrogens is 2. The van der Waals surface area contributed by atoms with Crippen LogP contribution in [0.15, 0.2) is 27.0 Å². The zero-order valence-corrected chi connectivity index (χ0v) is 7.38. The molecule has 0 saturated carbocycles. The fourth-order valence-corrected chi connectivity index (χ4v) is 0.977. The lowest BCUT2D eigenvalue weighted by Gasteiger charge is -2.01. The second kappa shape index (κ2) is 4.88. The van der Waals surface area contributed by atoms with Crippen molar-refractivity contribution < 1.29 is 0 Å². The molecule has 0 aliphatic rings. The molecule has 0 bridgehead atoms. The quantitative estimate of drug-likeness (QED) is 0.321. The smallest absolute Gasteiger partial charge is 0.301 e. The molecular weight excluding hydrogens is 186 g/mol. The van der Waals surface area contributed by atoms with Crippen molar-refractivity contribution in [2.75, 3.05) is 6.54 Å². The number of aromatic amines is 1. The maximum Gasteiger partial charge on any atom is 0.328 e. The Morgan fingerprint density at radius 3 is 3.00 bits per heavy atom. The molecule has 0 fully saturated rings. The van der Waals surface area contributed by atoms with E-state index in [1.165, 1.54) is 16.8 Å². The summed E-state index contributed by atoms with van der Waals surface area (Å²) in [4.78, 5) is 26.5. The van der Waals surface area contributed by atoms with Gasteiger partial charge in [-0.05, 0) is 12.0 Å². The van der Waals surface area contributed by atoms with Crippen LogP contribution in [0.4, 0.5) is 0 Å². The SMILES string of the molecule is [N-]=[N+]=NCCCn1ccc(=O)[nH]c1=O.